The molecule has 0 atom stereocenters. The predicted octanol–water partition coefficient (Wildman–Crippen LogP) is 5.79. The van der Waals surface area contributed by atoms with E-state index in [4.69, 9.17) is 0 Å². The molecule has 6 heteroatoms. The molecule has 1 saturated carbocycles. The second-order valence-corrected chi connectivity index (χ2v) is 9.35. The highest BCUT2D eigenvalue weighted by Gasteiger charge is 2.45. The minimum absolute atomic E-state index is 0.163. The number of fused-ring (bicyclic) bond motifs is 1. The molecule has 0 aromatic heterocycles. The van der Waals surface area contributed by atoms with Gasteiger partial charge in [-0.2, -0.15) is 0 Å². The number of amides is 1. The van der Waals surface area contributed by atoms with Gasteiger partial charge in [-0.25, -0.2) is 8.78 Å². The van der Waals surface area contributed by atoms with E-state index in [1.807, 2.05) is 25.6 Å². The van der Waals surface area contributed by atoms with Crippen LogP contribution >= 0.6 is 11.8 Å². The van der Waals surface area contributed by atoms with Crippen LogP contribution in [0.4, 0.5) is 20.2 Å². The van der Waals surface area contributed by atoms with Crippen LogP contribution in [-0.2, 0) is 11.3 Å². The van der Waals surface area contributed by atoms with Crippen LogP contribution in [0.15, 0.2) is 41.3 Å². The van der Waals surface area contributed by atoms with E-state index in [9.17, 15) is 13.6 Å². The normalized spacial score (nSPS) is 18.6. The monoisotopic (exact) mass is 416 g/mol. The van der Waals surface area contributed by atoms with Crippen LogP contribution < -0.4 is 10.2 Å². The topological polar surface area (TPSA) is 32.3 Å². The smallest absolute Gasteiger partial charge is 0.248 e. The third kappa shape index (κ3) is 4.58. The number of halogens is 2. The summed E-state index contributed by atoms with van der Waals surface area (Å²) >= 11 is 1.89. The van der Waals surface area contributed by atoms with E-state index >= 15 is 0 Å². The number of nitrogens with one attached hydrogen (secondary N) is 1. The predicted molar refractivity (Wildman–Crippen MR) is 115 cm³/mol. The lowest BCUT2D eigenvalue weighted by Crippen LogP contribution is -2.37. The van der Waals surface area contributed by atoms with Crippen molar-refractivity contribution in [3.63, 3.8) is 0 Å². The molecule has 1 amide bonds. The van der Waals surface area contributed by atoms with E-state index in [0.29, 0.717) is 0 Å². The first-order valence-electron chi connectivity index (χ1n) is 10.1. The molecule has 2 aromatic rings. The Hall–Kier alpha value is -2.08. The van der Waals surface area contributed by atoms with Crippen LogP contribution in [0, 0.1) is 19.8 Å². The molecule has 3 nitrogen and oxygen atoms in total. The van der Waals surface area contributed by atoms with E-state index in [0.717, 1.165) is 41.3 Å². The summed E-state index contributed by atoms with van der Waals surface area (Å²) in [7, 11) is 0. The first-order valence-corrected chi connectivity index (χ1v) is 11.0. The standard InChI is InChI=1S/C23H26F2N2OS/c1-15-9-19(27-7-8-29-20-6-4-3-5-18(20)14-27)10-16(2)22(15)26-21(28)11-17-12-23(24,25)13-17/h3-6,9-10,17H,7-8,11-14H2,1-2H3,(H,26,28). The van der Waals surface area contributed by atoms with Gasteiger partial charge in [-0.05, 0) is 54.7 Å². The molecule has 29 heavy (non-hydrogen) atoms. The summed E-state index contributed by atoms with van der Waals surface area (Å²) in [6.45, 7) is 5.80. The summed E-state index contributed by atoms with van der Waals surface area (Å²) in [5.74, 6) is -1.94. The van der Waals surface area contributed by atoms with E-state index in [1.165, 1.54) is 10.5 Å². The van der Waals surface area contributed by atoms with Crippen molar-refractivity contribution in [1.82, 2.24) is 0 Å². The molecule has 0 spiro atoms. The number of hydrogen-bond acceptors (Lipinski definition) is 3. The summed E-state index contributed by atoms with van der Waals surface area (Å²) in [6, 6.07) is 12.7. The lowest BCUT2D eigenvalue weighted by molar-refractivity contribution is -0.129. The number of anilines is 2. The summed E-state index contributed by atoms with van der Waals surface area (Å²) in [5, 5.41) is 2.96. The van der Waals surface area contributed by atoms with Gasteiger partial charge < -0.3 is 10.2 Å². The minimum atomic E-state index is -2.58. The maximum absolute atomic E-state index is 13.0. The summed E-state index contributed by atoms with van der Waals surface area (Å²) in [5.41, 5.74) is 5.28. The van der Waals surface area contributed by atoms with Crippen molar-refractivity contribution in [3.05, 3.63) is 53.1 Å². The van der Waals surface area contributed by atoms with Gasteiger partial charge in [0.25, 0.3) is 0 Å². The molecule has 1 N–H and O–H groups in total. The molecule has 0 saturated heterocycles. The van der Waals surface area contributed by atoms with Crippen molar-refractivity contribution in [2.24, 2.45) is 5.92 Å². The molecular formula is C23H26F2N2OS. The lowest BCUT2D eigenvalue weighted by Gasteiger charge is -2.34. The molecule has 0 radical (unpaired) electrons. The molecule has 2 aliphatic rings. The van der Waals surface area contributed by atoms with Crippen molar-refractivity contribution in [3.8, 4) is 0 Å². The van der Waals surface area contributed by atoms with Gasteiger partial charge in [0.05, 0.1) is 0 Å². The van der Waals surface area contributed by atoms with Crippen LogP contribution in [0.3, 0.4) is 0 Å². The second-order valence-electron chi connectivity index (χ2n) is 8.21. The first kappa shape index (κ1) is 20.2. The Bertz CT molecular complexity index is 900. The Labute approximate surface area is 174 Å². The number of nitrogens with zero attached hydrogens (tertiary/aromatic N) is 1. The zero-order chi connectivity index (χ0) is 20.6. The van der Waals surface area contributed by atoms with Gasteiger partial charge in [0.1, 0.15) is 0 Å². The Kier molecular flexibility index (Phi) is 5.56. The lowest BCUT2D eigenvalue weighted by atomic mass is 9.79. The van der Waals surface area contributed by atoms with Gasteiger partial charge in [0, 0.05) is 54.4 Å². The van der Waals surface area contributed by atoms with E-state index in [1.54, 1.807) is 0 Å². The zero-order valence-corrected chi connectivity index (χ0v) is 17.6. The number of benzene rings is 2. The maximum atomic E-state index is 13.0. The fourth-order valence-corrected chi connectivity index (χ4v) is 5.27. The molecular weight excluding hydrogens is 390 g/mol. The molecule has 1 heterocycles. The van der Waals surface area contributed by atoms with Crippen LogP contribution in [0.25, 0.3) is 0 Å². The number of aryl methyl sites for hydroxylation is 2. The number of thioether (sulfide) groups is 1. The van der Waals surface area contributed by atoms with Gasteiger partial charge in [0.15, 0.2) is 0 Å². The minimum Gasteiger partial charge on any atom is -0.366 e. The molecule has 154 valence electrons. The molecule has 1 aliphatic heterocycles. The Balaban J connectivity index is 1.46. The van der Waals surface area contributed by atoms with E-state index in [-0.39, 0.29) is 31.1 Å². The third-order valence-corrected chi connectivity index (χ3v) is 6.84. The van der Waals surface area contributed by atoms with E-state index < -0.39 is 5.92 Å². The van der Waals surface area contributed by atoms with Crippen LogP contribution in [0.5, 0.6) is 0 Å². The number of hydrogen-bond donors (Lipinski definition) is 1. The van der Waals surface area contributed by atoms with Crippen molar-refractivity contribution in [2.75, 3.05) is 22.5 Å². The highest BCUT2D eigenvalue weighted by Crippen LogP contribution is 2.44. The van der Waals surface area contributed by atoms with Gasteiger partial charge in [0.2, 0.25) is 11.8 Å². The third-order valence-electron chi connectivity index (χ3n) is 5.75. The number of carbonyl (C=O) groups excluding carboxylic acids is 1. The fraction of sp³-hybridized carbons (Fsp3) is 0.435. The Morgan fingerprint density at radius 3 is 2.59 bits per heavy atom. The zero-order valence-electron chi connectivity index (χ0n) is 16.8. The Morgan fingerprint density at radius 2 is 1.90 bits per heavy atom. The van der Waals surface area contributed by atoms with Crippen LogP contribution in [0.1, 0.15) is 36.0 Å². The highest BCUT2D eigenvalue weighted by atomic mass is 32.2. The first-order chi connectivity index (χ1) is 13.8. The Morgan fingerprint density at radius 1 is 1.21 bits per heavy atom. The average molecular weight is 417 g/mol. The molecule has 4 rings (SSSR count). The number of alkyl halides is 2. The van der Waals surface area contributed by atoms with Crippen LogP contribution in [0.2, 0.25) is 0 Å². The van der Waals surface area contributed by atoms with E-state index in [2.05, 4.69) is 46.6 Å². The second kappa shape index (κ2) is 7.98. The largest absolute Gasteiger partial charge is 0.366 e. The number of rotatable bonds is 4. The van der Waals surface area contributed by atoms with Gasteiger partial charge in [-0.3, -0.25) is 4.79 Å². The molecule has 2 aromatic carbocycles. The molecule has 0 bridgehead atoms. The van der Waals surface area contributed by atoms with Crippen molar-refractivity contribution >= 4 is 29.0 Å². The summed E-state index contributed by atoms with van der Waals surface area (Å²) < 4.78 is 26.0. The summed E-state index contributed by atoms with van der Waals surface area (Å²) in [6.07, 6.45) is -0.187. The van der Waals surface area contributed by atoms with Gasteiger partial charge >= 0.3 is 0 Å². The molecule has 1 aliphatic carbocycles. The molecule has 0 unspecified atom stereocenters. The average Bonchev–Trinajstić information content (AvgIpc) is 2.85. The van der Waals surface area contributed by atoms with Crippen LogP contribution in [-0.4, -0.2) is 24.1 Å². The SMILES string of the molecule is Cc1cc(N2CCSc3ccccc3C2)cc(C)c1NC(=O)CC1CC(F)(F)C1. The summed E-state index contributed by atoms with van der Waals surface area (Å²) in [4.78, 5) is 16.0. The van der Waals surface area contributed by atoms with Gasteiger partial charge in [-0.15, -0.1) is 11.8 Å². The maximum Gasteiger partial charge on any atom is 0.248 e. The quantitative estimate of drug-likeness (QED) is 0.685. The molecule has 1 fully saturated rings. The fourth-order valence-electron chi connectivity index (χ4n) is 4.25. The number of carbonyl (C=O) groups is 1. The van der Waals surface area contributed by atoms with Gasteiger partial charge in [-0.1, -0.05) is 18.2 Å². The van der Waals surface area contributed by atoms with Crippen molar-refractivity contribution in [1.29, 1.82) is 0 Å². The highest BCUT2D eigenvalue weighted by molar-refractivity contribution is 7.99. The van der Waals surface area contributed by atoms with Crippen molar-refractivity contribution < 1.29 is 13.6 Å². The van der Waals surface area contributed by atoms with Crippen molar-refractivity contribution in [2.45, 2.75) is 50.5 Å².